The van der Waals surface area contributed by atoms with Crippen molar-refractivity contribution in [2.24, 2.45) is 0 Å². The Balaban J connectivity index is 1.66. The van der Waals surface area contributed by atoms with Crippen LogP contribution in [0.15, 0.2) is 54.6 Å². The summed E-state index contributed by atoms with van der Waals surface area (Å²) in [5, 5.41) is 3.30. The fourth-order valence-corrected chi connectivity index (χ4v) is 3.06. The summed E-state index contributed by atoms with van der Waals surface area (Å²) >= 11 is 1.66. The lowest BCUT2D eigenvalue weighted by Crippen LogP contribution is -2.27. The van der Waals surface area contributed by atoms with Gasteiger partial charge < -0.3 is 10.1 Å². The first-order valence-electron chi connectivity index (χ1n) is 7.75. The Morgan fingerprint density at radius 3 is 2.48 bits per heavy atom. The fourth-order valence-electron chi connectivity index (χ4n) is 2.21. The van der Waals surface area contributed by atoms with Crippen molar-refractivity contribution in [3.05, 3.63) is 65.7 Å². The maximum absolute atomic E-state index is 11.9. The van der Waals surface area contributed by atoms with E-state index in [-0.39, 0.29) is 5.91 Å². The molecule has 0 aliphatic rings. The number of benzene rings is 2. The van der Waals surface area contributed by atoms with Crippen molar-refractivity contribution in [3.63, 3.8) is 0 Å². The maximum atomic E-state index is 11.9. The molecule has 3 nitrogen and oxygen atoms in total. The molecule has 0 aliphatic heterocycles. The summed E-state index contributed by atoms with van der Waals surface area (Å²) in [6.07, 6.45) is 0.828. The summed E-state index contributed by atoms with van der Waals surface area (Å²) in [5.74, 6) is 1.42. The molecule has 0 saturated heterocycles. The number of methoxy groups -OCH3 is 1. The molecular formula is C19H23NO2S. The van der Waals surface area contributed by atoms with Gasteiger partial charge in [-0.25, -0.2) is 0 Å². The van der Waals surface area contributed by atoms with Crippen LogP contribution < -0.4 is 10.1 Å². The second kappa shape index (κ2) is 9.26. The quantitative estimate of drug-likeness (QED) is 0.799. The van der Waals surface area contributed by atoms with Gasteiger partial charge in [-0.05, 0) is 36.6 Å². The van der Waals surface area contributed by atoms with Crippen LogP contribution in [-0.2, 0) is 11.2 Å². The van der Waals surface area contributed by atoms with E-state index in [4.69, 9.17) is 4.74 Å². The third kappa shape index (κ3) is 5.99. The second-order valence-electron chi connectivity index (χ2n) is 5.31. The van der Waals surface area contributed by atoms with Crippen LogP contribution in [-0.4, -0.2) is 25.3 Å². The molecule has 0 heterocycles. The van der Waals surface area contributed by atoms with E-state index in [0.717, 1.165) is 12.2 Å². The summed E-state index contributed by atoms with van der Waals surface area (Å²) < 4.78 is 5.13. The standard InChI is InChI=1S/C19H23NO2S/c1-15(17-6-4-3-5-7-17)23-14-19(21)20-13-12-16-8-10-18(22-2)11-9-16/h3-11,15H,12-14H2,1-2H3,(H,20,21). The predicted octanol–water partition coefficient (Wildman–Crippen LogP) is 3.85. The van der Waals surface area contributed by atoms with Gasteiger partial charge in [-0.1, -0.05) is 42.5 Å². The highest BCUT2D eigenvalue weighted by Gasteiger charge is 2.08. The third-order valence-corrected chi connectivity index (χ3v) is 4.83. The van der Waals surface area contributed by atoms with Gasteiger partial charge in [-0.3, -0.25) is 4.79 Å². The zero-order valence-electron chi connectivity index (χ0n) is 13.6. The summed E-state index contributed by atoms with van der Waals surface area (Å²) in [6.45, 7) is 2.79. The minimum atomic E-state index is 0.0892. The van der Waals surface area contributed by atoms with Crippen molar-refractivity contribution >= 4 is 17.7 Å². The van der Waals surface area contributed by atoms with E-state index in [9.17, 15) is 4.79 Å². The topological polar surface area (TPSA) is 38.3 Å². The Labute approximate surface area is 142 Å². The number of hydrogen-bond acceptors (Lipinski definition) is 3. The lowest BCUT2D eigenvalue weighted by atomic mass is 10.1. The van der Waals surface area contributed by atoms with Gasteiger partial charge in [-0.2, -0.15) is 0 Å². The molecule has 0 spiro atoms. The van der Waals surface area contributed by atoms with Crippen LogP contribution in [0.3, 0.4) is 0 Å². The number of ether oxygens (including phenoxy) is 1. The van der Waals surface area contributed by atoms with Gasteiger partial charge in [0, 0.05) is 11.8 Å². The molecule has 0 aromatic heterocycles. The van der Waals surface area contributed by atoms with Gasteiger partial charge in [0.05, 0.1) is 12.9 Å². The van der Waals surface area contributed by atoms with Crippen molar-refractivity contribution in [3.8, 4) is 5.75 Å². The van der Waals surface area contributed by atoms with E-state index in [2.05, 4.69) is 24.4 Å². The van der Waals surface area contributed by atoms with Crippen molar-refractivity contribution in [2.45, 2.75) is 18.6 Å². The highest BCUT2D eigenvalue weighted by Crippen LogP contribution is 2.27. The number of thioether (sulfide) groups is 1. The van der Waals surface area contributed by atoms with E-state index in [0.29, 0.717) is 17.5 Å². The number of hydrogen-bond donors (Lipinski definition) is 1. The first-order valence-corrected chi connectivity index (χ1v) is 8.80. The smallest absolute Gasteiger partial charge is 0.230 e. The molecule has 122 valence electrons. The van der Waals surface area contributed by atoms with Gasteiger partial charge in [-0.15, -0.1) is 11.8 Å². The molecule has 23 heavy (non-hydrogen) atoms. The Morgan fingerprint density at radius 1 is 1.13 bits per heavy atom. The minimum absolute atomic E-state index is 0.0892. The highest BCUT2D eigenvalue weighted by molar-refractivity contribution is 8.00. The van der Waals surface area contributed by atoms with Gasteiger partial charge >= 0.3 is 0 Å². The Hall–Kier alpha value is -1.94. The van der Waals surface area contributed by atoms with E-state index in [1.807, 2.05) is 42.5 Å². The second-order valence-corrected chi connectivity index (χ2v) is 6.64. The van der Waals surface area contributed by atoms with Gasteiger partial charge in [0.15, 0.2) is 0 Å². The van der Waals surface area contributed by atoms with Crippen LogP contribution in [0.2, 0.25) is 0 Å². The van der Waals surface area contributed by atoms with Crippen LogP contribution in [0, 0.1) is 0 Å². The molecule has 0 radical (unpaired) electrons. The average molecular weight is 329 g/mol. The summed E-state index contributed by atoms with van der Waals surface area (Å²) in [5.41, 5.74) is 2.44. The third-order valence-electron chi connectivity index (χ3n) is 3.63. The molecule has 0 aliphatic carbocycles. The number of amides is 1. The van der Waals surface area contributed by atoms with Crippen LogP contribution in [0.1, 0.15) is 23.3 Å². The molecule has 2 aromatic carbocycles. The summed E-state index contributed by atoms with van der Waals surface area (Å²) in [4.78, 5) is 11.9. The molecule has 1 amide bonds. The summed E-state index contributed by atoms with van der Waals surface area (Å²) in [6, 6.07) is 18.2. The fraction of sp³-hybridized carbons (Fsp3) is 0.316. The van der Waals surface area contributed by atoms with Crippen molar-refractivity contribution in [2.75, 3.05) is 19.4 Å². The van der Waals surface area contributed by atoms with Crippen molar-refractivity contribution in [1.82, 2.24) is 5.32 Å². The average Bonchev–Trinajstić information content (AvgIpc) is 2.61. The number of nitrogens with one attached hydrogen (secondary N) is 1. The van der Waals surface area contributed by atoms with E-state index >= 15 is 0 Å². The van der Waals surface area contributed by atoms with Crippen LogP contribution in [0.4, 0.5) is 0 Å². The van der Waals surface area contributed by atoms with E-state index in [1.54, 1.807) is 18.9 Å². The number of carbonyl (C=O) groups excluding carboxylic acids is 1. The van der Waals surface area contributed by atoms with E-state index < -0.39 is 0 Å². The van der Waals surface area contributed by atoms with Crippen LogP contribution in [0.5, 0.6) is 5.75 Å². The monoisotopic (exact) mass is 329 g/mol. The maximum Gasteiger partial charge on any atom is 0.230 e. The highest BCUT2D eigenvalue weighted by atomic mass is 32.2. The molecule has 4 heteroatoms. The molecule has 2 rings (SSSR count). The summed E-state index contributed by atoms with van der Waals surface area (Å²) in [7, 11) is 1.66. The molecule has 1 N–H and O–H groups in total. The minimum Gasteiger partial charge on any atom is -0.497 e. The lowest BCUT2D eigenvalue weighted by molar-refractivity contribution is -0.118. The SMILES string of the molecule is COc1ccc(CCNC(=O)CSC(C)c2ccccc2)cc1. The van der Waals surface area contributed by atoms with Crippen LogP contribution >= 0.6 is 11.8 Å². The van der Waals surface area contributed by atoms with Crippen LogP contribution in [0.25, 0.3) is 0 Å². The first-order chi connectivity index (χ1) is 11.2. The first kappa shape index (κ1) is 17.4. The molecule has 1 unspecified atom stereocenters. The zero-order valence-corrected chi connectivity index (χ0v) is 14.4. The molecule has 0 saturated carbocycles. The molecule has 0 bridgehead atoms. The lowest BCUT2D eigenvalue weighted by Gasteiger charge is -2.11. The van der Waals surface area contributed by atoms with Gasteiger partial charge in [0.25, 0.3) is 0 Å². The molecule has 2 aromatic rings. The zero-order chi connectivity index (χ0) is 16.5. The van der Waals surface area contributed by atoms with E-state index in [1.165, 1.54) is 11.1 Å². The van der Waals surface area contributed by atoms with Crippen molar-refractivity contribution in [1.29, 1.82) is 0 Å². The molecule has 0 fully saturated rings. The Bertz CT molecular complexity index is 599. The van der Waals surface area contributed by atoms with Gasteiger partial charge in [0.2, 0.25) is 5.91 Å². The number of carbonyl (C=O) groups is 1. The van der Waals surface area contributed by atoms with Crippen molar-refractivity contribution < 1.29 is 9.53 Å². The Morgan fingerprint density at radius 2 is 1.83 bits per heavy atom. The Kier molecular flexibility index (Phi) is 7.01. The number of rotatable bonds is 8. The molecular weight excluding hydrogens is 306 g/mol. The largest absolute Gasteiger partial charge is 0.497 e. The predicted molar refractivity (Wildman–Crippen MR) is 97.0 cm³/mol. The normalized spacial score (nSPS) is 11.7. The van der Waals surface area contributed by atoms with Gasteiger partial charge in [0.1, 0.15) is 5.75 Å². The molecule has 1 atom stereocenters.